The van der Waals surface area contributed by atoms with Crippen molar-refractivity contribution < 1.29 is 14.5 Å². The van der Waals surface area contributed by atoms with Crippen LogP contribution in [0.2, 0.25) is 0 Å². The number of carbonyl (C=O) groups excluding carboxylic acids is 1. The van der Waals surface area contributed by atoms with Crippen LogP contribution in [0.5, 0.6) is 5.75 Å². The number of carbonyl (C=O) groups is 1. The van der Waals surface area contributed by atoms with E-state index in [9.17, 15) is 14.9 Å². The molecule has 0 bridgehead atoms. The van der Waals surface area contributed by atoms with Crippen molar-refractivity contribution in [1.82, 2.24) is 4.98 Å². The monoisotopic (exact) mass is 206 g/mol. The van der Waals surface area contributed by atoms with Crippen molar-refractivity contribution in [2.75, 3.05) is 0 Å². The van der Waals surface area contributed by atoms with E-state index in [0.717, 1.165) is 0 Å². The number of hydrogen-bond donors (Lipinski definition) is 1. The summed E-state index contributed by atoms with van der Waals surface area (Å²) in [5.41, 5.74) is 0.464. The van der Waals surface area contributed by atoms with Crippen LogP contribution in [0.1, 0.15) is 0 Å². The lowest BCUT2D eigenvalue weighted by molar-refractivity contribution is -0.383. The molecule has 6 heteroatoms. The lowest BCUT2D eigenvalue weighted by Gasteiger charge is -1.96. The fourth-order valence-electron chi connectivity index (χ4n) is 1.43. The largest absolute Gasteiger partial charge is 0.426 e. The van der Waals surface area contributed by atoms with E-state index >= 15 is 0 Å². The molecule has 0 saturated heterocycles. The van der Waals surface area contributed by atoms with Gasteiger partial charge in [0.25, 0.3) is 12.2 Å². The number of nitro benzene ring substituents is 1. The van der Waals surface area contributed by atoms with E-state index in [4.69, 9.17) is 0 Å². The molecule has 1 heterocycles. The number of aromatic nitrogens is 1. The number of fused-ring (bicyclic) bond motifs is 1. The van der Waals surface area contributed by atoms with Crippen molar-refractivity contribution >= 4 is 23.1 Å². The van der Waals surface area contributed by atoms with Gasteiger partial charge in [-0.2, -0.15) is 0 Å². The summed E-state index contributed by atoms with van der Waals surface area (Å²) in [6.45, 7) is 0.235. The number of nitro groups is 1. The number of hydrogen-bond acceptors (Lipinski definition) is 4. The average molecular weight is 206 g/mol. The summed E-state index contributed by atoms with van der Waals surface area (Å²) < 4.78 is 4.63. The first kappa shape index (κ1) is 9.20. The molecule has 6 nitrogen and oxygen atoms in total. The predicted molar refractivity (Wildman–Crippen MR) is 51.6 cm³/mol. The summed E-state index contributed by atoms with van der Waals surface area (Å²) in [6, 6.07) is 4.58. The maximum Gasteiger partial charge on any atom is 0.298 e. The van der Waals surface area contributed by atoms with Crippen LogP contribution < -0.4 is 4.74 Å². The maximum absolute atomic E-state index is 10.7. The number of nitrogens with one attached hydrogen (secondary N) is 1. The molecule has 0 spiro atoms. The topological polar surface area (TPSA) is 85.2 Å². The molecule has 76 valence electrons. The van der Waals surface area contributed by atoms with Crippen LogP contribution in [0.3, 0.4) is 0 Å². The Bertz CT molecular complexity index is 532. The summed E-state index contributed by atoms with van der Waals surface area (Å²) in [7, 11) is 0. The molecule has 1 N–H and O–H groups in total. The second-order valence-electron chi connectivity index (χ2n) is 2.82. The van der Waals surface area contributed by atoms with Gasteiger partial charge in [-0.1, -0.05) is 6.07 Å². The molecule has 0 aliphatic rings. The molecule has 0 fully saturated rings. The fraction of sp³-hybridized carbons (Fsp3) is 0. The van der Waals surface area contributed by atoms with E-state index in [-0.39, 0.29) is 17.9 Å². The number of aromatic amines is 1. The van der Waals surface area contributed by atoms with Crippen LogP contribution in [0.15, 0.2) is 24.4 Å². The number of H-pyrrole nitrogens is 1. The summed E-state index contributed by atoms with van der Waals surface area (Å²) in [4.78, 5) is 23.2. The lowest BCUT2D eigenvalue weighted by atomic mass is 10.2. The third-order valence-electron chi connectivity index (χ3n) is 2.02. The Morgan fingerprint density at radius 2 is 2.27 bits per heavy atom. The Kier molecular flexibility index (Phi) is 2.09. The highest BCUT2D eigenvalue weighted by atomic mass is 16.6. The number of nitrogens with zero attached hydrogens (tertiary/aromatic N) is 1. The van der Waals surface area contributed by atoms with E-state index < -0.39 is 4.92 Å². The molecular weight excluding hydrogens is 200 g/mol. The van der Waals surface area contributed by atoms with Crippen molar-refractivity contribution in [3.8, 4) is 5.75 Å². The van der Waals surface area contributed by atoms with Crippen LogP contribution in [0, 0.1) is 10.1 Å². The van der Waals surface area contributed by atoms with E-state index in [1.807, 2.05) is 0 Å². The first-order valence-corrected chi connectivity index (χ1v) is 4.09. The molecule has 0 unspecified atom stereocenters. The highest BCUT2D eigenvalue weighted by molar-refractivity contribution is 5.95. The minimum absolute atomic E-state index is 0.0920. The van der Waals surface area contributed by atoms with Gasteiger partial charge < -0.3 is 9.72 Å². The minimum atomic E-state index is -0.520. The van der Waals surface area contributed by atoms with E-state index in [2.05, 4.69) is 9.72 Å². The molecule has 2 aromatic rings. The lowest BCUT2D eigenvalue weighted by Crippen LogP contribution is -1.91. The zero-order valence-electron chi connectivity index (χ0n) is 7.47. The smallest absolute Gasteiger partial charge is 0.298 e. The SMILES string of the molecule is O=COc1c[nH]c2cccc([N+](=O)[O-])c12. The van der Waals surface area contributed by atoms with Crippen LogP contribution >= 0.6 is 0 Å². The minimum Gasteiger partial charge on any atom is -0.426 e. The van der Waals surface area contributed by atoms with Crippen LogP contribution in [0.25, 0.3) is 10.9 Å². The standard InChI is InChI=1S/C9H6N2O4/c12-5-15-8-4-10-6-2-1-3-7(9(6)8)11(13)14/h1-5,10H. The highest BCUT2D eigenvalue weighted by Crippen LogP contribution is 2.33. The second-order valence-corrected chi connectivity index (χ2v) is 2.82. The van der Waals surface area contributed by atoms with Crippen molar-refractivity contribution in [3.63, 3.8) is 0 Å². The van der Waals surface area contributed by atoms with E-state index in [1.165, 1.54) is 12.3 Å². The molecule has 15 heavy (non-hydrogen) atoms. The number of rotatable bonds is 3. The van der Waals surface area contributed by atoms with Crippen molar-refractivity contribution in [1.29, 1.82) is 0 Å². The van der Waals surface area contributed by atoms with Gasteiger partial charge in [-0.25, -0.2) is 0 Å². The van der Waals surface area contributed by atoms with Crippen molar-refractivity contribution in [3.05, 3.63) is 34.5 Å². The van der Waals surface area contributed by atoms with Gasteiger partial charge in [-0.15, -0.1) is 0 Å². The molecule has 1 aromatic carbocycles. The number of non-ortho nitro benzene ring substituents is 1. The molecule has 0 aliphatic carbocycles. The normalized spacial score (nSPS) is 10.1. The van der Waals surface area contributed by atoms with Gasteiger partial charge in [0.05, 0.1) is 10.4 Å². The Balaban J connectivity index is 2.74. The number of ether oxygens (including phenoxy) is 1. The van der Waals surface area contributed by atoms with Gasteiger partial charge in [-0.05, 0) is 6.07 Å². The summed E-state index contributed by atoms with van der Waals surface area (Å²) >= 11 is 0. The van der Waals surface area contributed by atoms with Gasteiger partial charge in [0.1, 0.15) is 5.39 Å². The highest BCUT2D eigenvalue weighted by Gasteiger charge is 2.17. The summed E-state index contributed by atoms with van der Waals surface area (Å²) in [5, 5.41) is 11.0. The predicted octanol–water partition coefficient (Wildman–Crippen LogP) is 1.61. The van der Waals surface area contributed by atoms with Gasteiger partial charge >= 0.3 is 0 Å². The Morgan fingerprint density at radius 1 is 1.47 bits per heavy atom. The molecule has 2 rings (SSSR count). The molecule has 0 amide bonds. The molecular formula is C9H6N2O4. The van der Waals surface area contributed by atoms with Gasteiger partial charge in [-0.3, -0.25) is 14.9 Å². The van der Waals surface area contributed by atoms with Gasteiger partial charge in [0.2, 0.25) is 0 Å². The first-order chi connectivity index (χ1) is 7.24. The summed E-state index contributed by atoms with van der Waals surface area (Å²) in [6.07, 6.45) is 1.41. The second kappa shape index (κ2) is 3.41. The van der Waals surface area contributed by atoms with Crippen LogP contribution in [0.4, 0.5) is 5.69 Å². The maximum atomic E-state index is 10.7. The van der Waals surface area contributed by atoms with Crippen LogP contribution in [-0.4, -0.2) is 16.4 Å². The molecule has 0 radical (unpaired) electrons. The van der Waals surface area contributed by atoms with Crippen molar-refractivity contribution in [2.24, 2.45) is 0 Å². The van der Waals surface area contributed by atoms with Crippen molar-refractivity contribution in [2.45, 2.75) is 0 Å². The van der Waals surface area contributed by atoms with Crippen LogP contribution in [-0.2, 0) is 4.79 Å². The third kappa shape index (κ3) is 1.41. The number of benzene rings is 1. The molecule has 1 aromatic heterocycles. The zero-order valence-corrected chi connectivity index (χ0v) is 7.47. The molecule has 0 aliphatic heterocycles. The summed E-state index contributed by atoms with van der Waals surface area (Å²) in [5.74, 6) is 0.160. The zero-order chi connectivity index (χ0) is 10.8. The third-order valence-corrected chi connectivity index (χ3v) is 2.02. The van der Waals surface area contributed by atoms with Gasteiger partial charge in [0.15, 0.2) is 5.75 Å². The average Bonchev–Trinajstić information content (AvgIpc) is 2.62. The molecule has 0 saturated carbocycles. The Labute approximate surface area is 83.6 Å². The quantitative estimate of drug-likeness (QED) is 0.469. The Hall–Kier alpha value is -2.37. The fourth-order valence-corrected chi connectivity index (χ4v) is 1.43. The van der Waals surface area contributed by atoms with E-state index in [1.54, 1.807) is 12.1 Å². The molecule has 0 atom stereocenters. The van der Waals surface area contributed by atoms with E-state index in [0.29, 0.717) is 10.9 Å². The first-order valence-electron chi connectivity index (χ1n) is 4.09. The van der Waals surface area contributed by atoms with Gasteiger partial charge in [0, 0.05) is 12.3 Å². The Morgan fingerprint density at radius 3 is 2.93 bits per heavy atom.